The topological polar surface area (TPSA) is 70.8 Å². The van der Waals surface area contributed by atoms with E-state index in [1.54, 1.807) is 12.4 Å². The lowest BCUT2D eigenvalue weighted by molar-refractivity contribution is 0.0973. The molecule has 0 atom stereocenters. The number of para-hydroxylation sites is 1. The summed E-state index contributed by atoms with van der Waals surface area (Å²) in [6.07, 6.45) is 8.38. The van der Waals surface area contributed by atoms with Crippen LogP contribution in [0, 0.1) is 6.92 Å². The van der Waals surface area contributed by atoms with Crippen LogP contribution in [0.1, 0.15) is 44.0 Å². The van der Waals surface area contributed by atoms with Crippen LogP contribution in [0.4, 0.5) is 5.69 Å². The molecule has 0 N–H and O–H groups in total. The Morgan fingerprint density at radius 2 is 1.67 bits per heavy atom. The van der Waals surface area contributed by atoms with Crippen LogP contribution >= 0.6 is 0 Å². The fourth-order valence-electron chi connectivity index (χ4n) is 5.67. The lowest BCUT2D eigenvalue weighted by Crippen LogP contribution is -2.44. The molecule has 0 saturated carbocycles. The highest BCUT2D eigenvalue weighted by Crippen LogP contribution is 2.25. The quantitative estimate of drug-likeness (QED) is 0.217. The number of likely N-dealkylation sites (N-methyl/N-ethyl adjacent to an activating group) is 1. The van der Waals surface area contributed by atoms with Gasteiger partial charge in [-0.1, -0.05) is 36.4 Å². The summed E-state index contributed by atoms with van der Waals surface area (Å²) in [5.41, 5.74) is 8.17. The zero-order valence-electron chi connectivity index (χ0n) is 24.2. The molecule has 7 heteroatoms. The first-order chi connectivity index (χ1) is 20.5. The van der Waals surface area contributed by atoms with E-state index in [9.17, 15) is 9.59 Å². The second-order valence-corrected chi connectivity index (χ2v) is 11.1. The Balaban J connectivity index is 1.15. The van der Waals surface area contributed by atoms with Crippen molar-refractivity contribution in [3.05, 3.63) is 119 Å². The van der Waals surface area contributed by atoms with Gasteiger partial charge in [0.1, 0.15) is 11.3 Å². The number of hydrogen-bond donors (Lipinski definition) is 0. The number of hydrogen-bond acceptors (Lipinski definition) is 6. The molecule has 212 valence electrons. The van der Waals surface area contributed by atoms with Gasteiger partial charge in [-0.25, -0.2) is 4.98 Å². The molecule has 0 bridgehead atoms. The number of Topliss-reactive ketones (excluding diaryl/α,β-unsaturated/α-hetero) is 2. The fourth-order valence-corrected chi connectivity index (χ4v) is 5.67. The van der Waals surface area contributed by atoms with E-state index in [2.05, 4.69) is 51.1 Å². The molecule has 0 amide bonds. The molecule has 6 rings (SSSR count). The van der Waals surface area contributed by atoms with Crippen molar-refractivity contribution in [1.29, 1.82) is 0 Å². The number of ketones is 2. The van der Waals surface area contributed by atoms with Crippen molar-refractivity contribution in [1.82, 2.24) is 19.3 Å². The summed E-state index contributed by atoms with van der Waals surface area (Å²) in [7, 11) is 2.16. The van der Waals surface area contributed by atoms with E-state index < -0.39 is 0 Å². The molecule has 5 aromatic rings. The Morgan fingerprint density at radius 3 is 2.48 bits per heavy atom. The van der Waals surface area contributed by atoms with Crippen molar-refractivity contribution in [3.8, 4) is 11.1 Å². The highest BCUT2D eigenvalue weighted by molar-refractivity contribution is 5.99. The summed E-state index contributed by atoms with van der Waals surface area (Å²) in [4.78, 5) is 40.2. The maximum Gasteiger partial charge on any atom is 0.185 e. The highest BCUT2D eigenvalue weighted by atomic mass is 16.1. The monoisotopic (exact) mass is 557 g/mol. The molecule has 1 aliphatic rings. The normalized spacial score (nSPS) is 13.9. The number of pyridine rings is 2. The first-order valence-corrected chi connectivity index (χ1v) is 14.5. The number of aryl methyl sites for hydroxylation is 2. The number of piperazine rings is 1. The third-order valence-electron chi connectivity index (χ3n) is 8.27. The Kier molecular flexibility index (Phi) is 7.93. The summed E-state index contributed by atoms with van der Waals surface area (Å²) in [5, 5.41) is 0. The Morgan fingerprint density at radius 1 is 0.833 bits per heavy atom. The van der Waals surface area contributed by atoms with E-state index >= 15 is 0 Å². The molecule has 0 radical (unpaired) electrons. The number of aromatic nitrogens is 3. The van der Waals surface area contributed by atoms with Gasteiger partial charge in [0.2, 0.25) is 0 Å². The van der Waals surface area contributed by atoms with Crippen LogP contribution in [0.3, 0.4) is 0 Å². The molecule has 0 unspecified atom stereocenters. The van der Waals surface area contributed by atoms with Gasteiger partial charge in [0, 0.05) is 74.4 Å². The van der Waals surface area contributed by atoms with Crippen LogP contribution in [0.2, 0.25) is 0 Å². The van der Waals surface area contributed by atoms with Crippen molar-refractivity contribution in [2.75, 3.05) is 38.1 Å². The number of carbonyl (C=O) groups is 2. The summed E-state index contributed by atoms with van der Waals surface area (Å²) in [5.74, 6) is 0.0556. The maximum absolute atomic E-state index is 13.4. The number of fused-ring (bicyclic) bond motifs is 1. The second kappa shape index (κ2) is 12.1. The van der Waals surface area contributed by atoms with Crippen LogP contribution in [-0.4, -0.2) is 64.1 Å². The minimum absolute atomic E-state index is 0.0366. The summed E-state index contributed by atoms with van der Waals surface area (Å²) < 4.78 is 1.82. The van der Waals surface area contributed by atoms with E-state index in [-0.39, 0.29) is 18.0 Å². The lowest BCUT2D eigenvalue weighted by Gasteiger charge is -2.35. The number of rotatable bonds is 9. The van der Waals surface area contributed by atoms with Crippen LogP contribution in [0.15, 0.2) is 91.5 Å². The molecule has 1 fully saturated rings. The summed E-state index contributed by atoms with van der Waals surface area (Å²) in [6.45, 7) is 6.06. The van der Waals surface area contributed by atoms with E-state index in [4.69, 9.17) is 0 Å². The molecule has 1 saturated heterocycles. The SMILES string of the molecule is Cc1ccc(C(=O)CCc2ccccc2N2CCN(C)CC2)cc1CC(=O)c1cnc2cc(-c3cccnc3)ccn12. The van der Waals surface area contributed by atoms with E-state index in [0.717, 1.165) is 48.4 Å². The number of nitrogens with zero attached hydrogens (tertiary/aromatic N) is 5. The molecule has 0 spiro atoms. The number of anilines is 1. The molecule has 7 nitrogen and oxygen atoms in total. The van der Waals surface area contributed by atoms with Gasteiger partial charge in [0.15, 0.2) is 11.6 Å². The fraction of sp³-hybridized carbons (Fsp3) is 0.257. The number of carbonyl (C=O) groups excluding carboxylic acids is 2. The van der Waals surface area contributed by atoms with Crippen molar-refractivity contribution in [2.24, 2.45) is 0 Å². The van der Waals surface area contributed by atoms with E-state index in [0.29, 0.717) is 29.7 Å². The Labute approximate surface area is 246 Å². The largest absolute Gasteiger partial charge is 0.369 e. The molecule has 3 aromatic heterocycles. The zero-order chi connectivity index (χ0) is 29.1. The van der Waals surface area contributed by atoms with E-state index in [1.807, 2.05) is 66.2 Å². The molecule has 42 heavy (non-hydrogen) atoms. The predicted octanol–water partition coefficient (Wildman–Crippen LogP) is 5.70. The molecule has 1 aliphatic heterocycles. The first kappa shape index (κ1) is 27.5. The highest BCUT2D eigenvalue weighted by Gasteiger charge is 2.19. The zero-order valence-corrected chi connectivity index (χ0v) is 24.2. The minimum atomic E-state index is -0.0366. The Bertz CT molecular complexity index is 1740. The Hall–Kier alpha value is -4.62. The van der Waals surface area contributed by atoms with Gasteiger partial charge in [0.25, 0.3) is 0 Å². The van der Waals surface area contributed by atoms with E-state index in [1.165, 1.54) is 11.3 Å². The number of imidazole rings is 1. The van der Waals surface area contributed by atoms with Gasteiger partial charge >= 0.3 is 0 Å². The molecular weight excluding hydrogens is 522 g/mol. The molecular formula is C35H35N5O2. The second-order valence-electron chi connectivity index (χ2n) is 11.1. The van der Waals surface area contributed by atoms with Crippen molar-refractivity contribution in [3.63, 3.8) is 0 Å². The van der Waals surface area contributed by atoms with Gasteiger partial charge in [-0.2, -0.15) is 0 Å². The van der Waals surface area contributed by atoms with Crippen molar-refractivity contribution < 1.29 is 9.59 Å². The standard InChI is InChI=1S/C35H35N5O2/c1-25-9-10-28(33(41)12-11-26-6-3-4-8-31(26)39-18-16-38(2)17-19-39)20-30(25)21-34(42)32-24-37-35-22-27(13-15-40(32)35)29-7-5-14-36-23-29/h3-10,13-15,20,22-24H,11-12,16-19,21H2,1-2H3. The summed E-state index contributed by atoms with van der Waals surface area (Å²) >= 11 is 0. The molecule has 2 aromatic carbocycles. The molecule has 0 aliphatic carbocycles. The van der Waals surface area contributed by atoms with Crippen LogP contribution in [-0.2, 0) is 12.8 Å². The van der Waals surface area contributed by atoms with Gasteiger partial charge in [0.05, 0.1) is 6.20 Å². The van der Waals surface area contributed by atoms with Crippen LogP contribution < -0.4 is 4.90 Å². The van der Waals surface area contributed by atoms with Gasteiger partial charge in [-0.05, 0) is 73.0 Å². The number of benzene rings is 2. The average Bonchev–Trinajstić information content (AvgIpc) is 3.45. The van der Waals surface area contributed by atoms with Crippen LogP contribution in [0.25, 0.3) is 16.8 Å². The third-order valence-corrected chi connectivity index (χ3v) is 8.27. The van der Waals surface area contributed by atoms with Crippen molar-refractivity contribution >= 4 is 22.9 Å². The third kappa shape index (κ3) is 5.87. The lowest BCUT2D eigenvalue weighted by atomic mass is 9.95. The predicted molar refractivity (Wildman–Crippen MR) is 166 cm³/mol. The van der Waals surface area contributed by atoms with Gasteiger partial charge in [-0.15, -0.1) is 0 Å². The maximum atomic E-state index is 13.4. The van der Waals surface area contributed by atoms with Gasteiger partial charge in [-0.3, -0.25) is 19.0 Å². The summed E-state index contributed by atoms with van der Waals surface area (Å²) in [6, 6.07) is 22.0. The molecule has 4 heterocycles. The van der Waals surface area contributed by atoms with Crippen LogP contribution in [0.5, 0.6) is 0 Å². The minimum Gasteiger partial charge on any atom is -0.369 e. The van der Waals surface area contributed by atoms with Crippen molar-refractivity contribution in [2.45, 2.75) is 26.2 Å². The van der Waals surface area contributed by atoms with Gasteiger partial charge < -0.3 is 9.80 Å². The smallest absolute Gasteiger partial charge is 0.185 e. The average molecular weight is 558 g/mol. The first-order valence-electron chi connectivity index (χ1n) is 14.5.